The van der Waals surface area contributed by atoms with Crippen LogP contribution in [0.1, 0.15) is 11.4 Å². The largest absolute Gasteiger partial charge is 0.323 e. The van der Waals surface area contributed by atoms with Gasteiger partial charge in [0.15, 0.2) is 0 Å². The summed E-state index contributed by atoms with van der Waals surface area (Å²) in [5.74, 6) is 0.612. The number of urea groups is 1. The van der Waals surface area contributed by atoms with Crippen molar-refractivity contribution in [2.45, 2.75) is 13.5 Å². The predicted molar refractivity (Wildman–Crippen MR) is 151 cm³/mol. The molecule has 0 aliphatic rings. The molecule has 5 rings (SSSR count). The van der Waals surface area contributed by atoms with E-state index >= 15 is 0 Å². The number of aryl methyl sites for hydroxylation is 1. The van der Waals surface area contributed by atoms with Crippen molar-refractivity contribution in [3.63, 3.8) is 0 Å². The van der Waals surface area contributed by atoms with Crippen LogP contribution in [0.5, 0.6) is 0 Å². The number of carbonyl (C=O) groups excluding carboxylic acids is 1. The van der Waals surface area contributed by atoms with E-state index in [1.54, 1.807) is 47.0 Å². The quantitative estimate of drug-likeness (QED) is 0.250. The molecule has 184 valence electrons. The lowest BCUT2D eigenvalue weighted by Crippen LogP contribution is -2.25. The van der Waals surface area contributed by atoms with Crippen molar-refractivity contribution in [1.29, 1.82) is 0 Å². The average molecular weight is 529 g/mol. The Balaban J connectivity index is 1.37. The van der Waals surface area contributed by atoms with E-state index in [9.17, 15) is 9.59 Å². The molecule has 4 aromatic carbocycles. The highest BCUT2D eigenvalue weighted by Crippen LogP contribution is 2.23. The van der Waals surface area contributed by atoms with Crippen LogP contribution < -0.4 is 16.2 Å². The highest BCUT2D eigenvalue weighted by Gasteiger charge is 2.11. The number of hydrogen-bond donors (Lipinski definition) is 2. The van der Waals surface area contributed by atoms with Gasteiger partial charge in [0.1, 0.15) is 5.82 Å². The Morgan fingerprint density at radius 2 is 1.32 bits per heavy atom. The summed E-state index contributed by atoms with van der Waals surface area (Å²) >= 11 is 11.9. The van der Waals surface area contributed by atoms with E-state index in [0.717, 1.165) is 16.7 Å². The van der Waals surface area contributed by atoms with E-state index in [-0.39, 0.29) is 5.56 Å². The second kappa shape index (κ2) is 10.5. The number of anilines is 2. The van der Waals surface area contributed by atoms with Gasteiger partial charge >= 0.3 is 6.03 Å². The maximum Gasteiger partial charge on any atom is 0.323 e. The van der Waals surface area contributed by atoms with Crippen LogP contribution in [0.3, 0.4) is 0 Å². The standard InChI is InChI=1S/C29H22Cl2N4O2/c1-18-32-27-15-14-25(34-29(37)33-24-12-10-23(31)11-13-24)16-26(27)28(36)35(18)17-19-2-4-20(5-3-19)21-6-8-22(30)9-7-21/h2-16H,17H2,1H3,(H2,33,34,37). The molecule has 0 spiro atoms. The van der Waals surface area contributed by atoms with Crippen LogP contribution in [0.2, 0.25) is 10.0 Å². The lowest BCUT2D eigenvalue weighted by atomic mass is 10.0. The fourth-order valence-electron chi connectivity index (χ4n) is 4.05. The van der Waals surface area contributed by atoms with Crippen molar-refractivity contribution in [3.05, 3.63) is 123 Å². The minimum absolute atomic E-state index is 0.175. The van der Waals surface area contributed by atoms with E-state index < -0.39 is 6.03 Å². The van der Waals surface area contributed by atoms with Crippen molar-refractivity contribution < 1.29 is 4.79 Å². The third-order valence-corrected chi connectivity index (χ3v) is 6.48. The van der Waals surface area contributed by atoms with Crippen LogP contribution in [0, 0.1) is 6.92 Å². The number of nitrogens with one attached hydrogen (secondary N) is 2. The van der Waals surface area contributed by atoms with Crippen LogP contribution in [-0.2, 0) is 6.54 Å². The van der Waals surface area contributed by atoms with Crippen LogP contribution in [-0.4, -0.2) is 15.6 Å². The molecule has 0 atom stereocenters. The van der Waals surface area contributed by atoms with E-state index in [1.807, 2.05) is 55.5 Å². The number of fused-ring (bicyclic) bond motifs is 1. The first kappa shape index (κ1) is 24.6. The Labute approximate surface area is 223 Å². The third-order valence-electron chi connectivity index (χ3n) is 5.98. The molecule has 0 aliphatic heterocycles. The maximum atomic E-state index is 13.4. The Hall–Kier alpha value is -4.13. The van der Waals surface area contributed by atoms with Gasteiger partial charge in [0, 0.05) is 21.4 Å². The summed E-state index contributed by atoms with van der Waals surface area (Å²) < 4.78 is 1.64. The molecule has 0 unspecified atom stereocenters. The second-order valence-electron chi connectivity index (χ2n) is 8.57. The van der Waals surface area contributed by atoms with Gasteiger partial charge in [-0.2, -0.15) is 0 Å². The molecule has 0 saturated carbocycles. The monoisotopic (exact) mass is 528 g/mol. The topological polar surface area (TPSA) is 76.0 Å². The first-order valence-electron chi connectivity index (χ1n) is 11.6. The molecule has 37 heavy (non-hydrogen) atoms. The van der Waals surface area contributed by atoms with Gasteiger partial charge < -0.3 is 10.6 Å². The van der Waals surface area contributed by atoms with Crippen LogP contribution in [0.4, 0.5) is 16.2 Å². The first-order valence-corrected chi connectivity index (χ1v) is 12.3. The summed E-state index contributed by atoms with van der Waals surface area (Å²) in [6, 6.07) is 27.2. The summed E-state index contributed by atoms with van der Waals surface area (Å²) in [5.41, 5.74) is 4.59. The number of hydrogen-bond acceptors (Lipinski definition) is 3. The van der Waals surface area contributed by atoms with Gasteiger partial charge in [-0.25, -0.2) is 9.78 Å². The van der Waals surface area contributed by atoms with Gasteiger partial charge in [0.05, 0.1) is 17.4 Å². The second-order valence-corrected chi connectivity index (χ2v) is 9.44. The van der Waals surface area contributed by atoms with Gasteiger partial charge in [-0.3, -0.25) is 9.36 Å². The van der Waals surface area contributed by atoms with Gasteiger partial charge in [-0.05, 0) is 78.2 Å². The average Bonchev–Trinajstić information content (AvgIpc) is 2.89. The highest BCUT2D eigenvalue weighted by molar-refractivity contribution is 6.31. The molecule has 1 heterocycles. The summed E-state index contributed by atoms with van der Waals surface area (Å²) in [6.07, 6.45) is 0. The zero-order valence-electron chi connectivity index (χ0n) is 19.8. The van der Waals surface area contributed by atoms with Crippen molar-refractivity contribution in [2.24, 2.45) is 0 Å². The third kappa shape index (κ3) is 5.66. The number of nitrogens with zero attached hydrogens (tertiary/aromatic N) is 2. The smallest absolute Gasteiger partial charge is 0.308 e. The van der Waals surface area contributed by atoms with Crippen LogP contribution >= 0.6 is 23.2 Å². The predicted octanol–water partition coefficient (Wildman–Crippen LogP) is 7.37. The fraction of sp³-hybridized carbons (Fsp3) is 0.0690. The van der Waals surface area contributed by atoms with Gasteiger partial charge in [-0.15, -0.1) is 0 Å². The minimum Gasteiger partial charge on any atom is -0.308 e. The lowest BCUT2D eigenvalue weighted by molar-refractivity contribution is 0.262. The van der Waals surface area contributed by atoms with Crippen LogP contribution in [0.15, 0.2) is 95.8 Å². The molecular formula is C29H22Cl2N4O2. The maximum absolute atomic E-state index is 13.4. The SMILES string of the molecule is Cc1nc2ccc(NC(=O)Nc3ccc(Cl)cc3)cc2c(=O)n1Cc1ccc(-c2ccc(Cl)cc2)cc1. The molecule has 6 nitrogen and oxygen atoms in total. The molecule has 0 radical (unpaired) electrons. The van der Waals surface area contributed by atoms with E-state index in [2.05, 4.69) is 15.6 Å². The van der Waals surface area contributed by atoms with E-state index in [4.69, 9.17) is 23.2 Å². The van der Waals surface area contributed by atoms with E-state index in [1.165, 1.54) is 0 Å². The van der Waals surface area contributed by atoms with E-state index in [0.29, 0.717) is 44.7 Å². The van der Waals surface area contributed by atoms with Gasteiger partial charge in [0.2, 0.25) is 0 Å². The number of benzene rings is 4. The van der Waals surface area contributed by atoms with Crippen molar-refractivity contribution >= 4 is 51.5 Å². The Kier molecular flexibility index (Phi) is 6.95. The normalized spacial score (nSPS) is 10.9. The summed E-state index contributed by atoms with van der Waals surface area (Å²) in [5, 5.41) is 7.20. The summed E-state index contributed by atoms with van der Waals surface area (Å²) in [6.45, 7) is 2.19. The fourth-order valence-corrected chi connectivity index (χ4v) is 4.30. The number of carbonyl (C=O) groups is 1. The molecule has 5 aromatic rings. The molecule has 8 heteroatoms. The first-order chi connectivity index (χ1) is 17.9. The zero-order chi connectivity index (χ0) is 25.9. The Morgan fingerprint density at radius 1 is 0.784 bits per heavy atom. The zero-order valence-corrected chi connectivity index (χ0v) is 21.3. The van der Waals surface area contributed by atoms with Crippen molar-refractivity contribution in [2.75, 3.05) is 10.6 Å². The highest BCUT2D eigenvalue weighted by atomic mass is 35.5. The molecule has 0 aliphatic carbocycles. The molecule has 0 saturated heterocycles. The number of halogens is 2. The summed E-state index contributed by atoms with van der Waals surface area (Å²) in [4.78, 5) is 30.5. The summed E-state index contributed by atoms with van der Waals surface area (Å²) in [7, 11) is 0. The number of amides is 2. The number of aromatic nitrogens is 2. The van der Waals surface area contributed by atoms with Crippen molar-refractivity contribution in [1.82, 2.24) is 9.55 Å². The molecule has 0 fully saturated rings. The molecule has 2 N–H and O–H groups in total. The minimum atomic E-state index is -0.428. The molecule has 2 amide bonds. The van der Waals surface area contributed by atoms with Crippen molar-refractivity contribution in [3.8, 4) is 11.1 Å². The lowest BCUT2D eigenvalue weighted by Gasteiger charge is -2.13. The van der Waals surface area contributed by atoms with Gasteiger partial charge in [0.25, 0.3) is 5.56 Å². The Morgan fingerprint density at radius 3 is 1.97 bits per heavy atom. The van der Waals surface area contributed by atoms with Gasteiger partial charge in [-0.1, -0.05) is 59.6 Å². The molecule has 1 aromatic heterocycles. The molecule has 0 bridgehead atoms. The molecular weight excluding hydrogens is 507 g/mol. The number of rotatable bonds is 5. The van der Waals surface area contributed by atoms with Crippen LogP contribution in [0.25, 0.3) is 22.0 Å². The Bertz CT molecular complexity index is 1650.